The highest BCUT2D eigenvalue weighted by molar-refractivity contribution is 5.30. The molecule has 1 aliphatic carbocycles. The summed E-state index contributed by atoms with van der Waals surface area (Å²) in [6.45, 7) is 7.27. The van der Waals surface area contributed by atoms with Crippen LogP contribution in [0.5, 0.6) is 5.75 Å². The van der Waals surface area contributed by atoms with Crippen molar-refractivity contribution >= 4 is 0 Å². The lowest BCUT2D eigenvalue weighted by molar-refractivity contribution is 0.339. The van der Waals surface area contributed by atoms with Crippen LogP contribution in [0.2, 0.25) is 0 Å². The van der Waals surface area contributed by atoms with Crippen molar-refractivity contribution in [3.8, 4) is 5.75 Å². The molecular formula is C14H22N2O. The maximum absolute atomic E-state index is 5.68. The lowest BCUT2D eigenvalue weighted by Crippen LogP contribution is -2.30. The van der Waals surface area contributed by atoms with Crippen LogP contribution < -0.4 is 16.0 Å². The van der Waals surface area contributed by atoms with Crippen molar-refractivity contribution in [1.29, 1.82) is 0 Å². The van der Waals surface area contributed by atoms with Crippen LogP contribution >= 0.6 is 0 Å². The van der Waals surface area contributed by atoms with Crippen LogP contribution in [0.4, 0.5) is 0 Å². The van der Waals surface area contributed by atoms with E-state index in [1.807, 2.05) is 19.1 Å². The first-order chi connectivity index (χ1) is 8.08. The van der Waals surface area contributed by atoms with Gasteiger partial charge in [-0.25, -0.2) is 0 Å². The zero-order valence-electron chi connectivity index (χ0n) is 10.9. The third-order valence-corrected chi connectivity index (χ3v) is 3.72. The van der Waals surface area contributed by atoms with Crippen molar-refractivity contribution < 1.29 is 4.74 Å². The zero-order valence-corrected chi connectivity index (χ0v) is 10.9. The van der Waals surface area contributed by atoms with E-state index in [0.29, 0.717) is 17.9 Å². The Kier molecular flexibility index (Phi) is 3.40. The molecular weight excluding hydrogens is 212 g/mol. The van der Waals surface area contributed by atoms with Gasteiger partial charge in [0.2, 0.25) is 0 Å². The molecule has 0 bridgehead atoms. The minimum absolute atomic E-state index is 0.251. The van der Waals surface area contributed by atoms with E-state index in [2.05, 4.69) is 31.4 Å². The molecule has 0 aromatic heterocycles. The van der Waals surface area contributed by atoms with Gasteiger partial charge in [-0.1, -0.05) is 26.0 Å². The monoisotopic (exact) mass is 234 g/mol. The topological polar surface area (TPSA) is 47.3 Å². The van der Waals surface area contributed by atoms with Gasteiger partial charge >= 0.3 is 0 Å². The molecule has 0 saturated heterocycles. The molecule has 2 rings (SSSR count). The number of nitrogens with one attached hydrogen (secondary N) is 1. The molecule has 1 fully saturated rings. The molecule has 1 aromatic rings. The summed E-state index contributed by atoms with van der Waals surface area (Å²) >= 11 is 0. The van der Waals surface area contributed by atoms with Gasteiger partial charge in [-0.15, -0.1) is 0 Å². The van der Waals surface area contributed by atoms with Gasteiger partial charge in [-0.2, -0.15) is 0 Å². The Labute approximate surface area is 103 Å². The van der Waals surface area contributed by atoms with Crippen molar-refractivity contribution in [2.24, 2.45) is 17.2 Å². The molecule has 3 heteroatoms. The summed E-state index contributed by atoms with van der Waals surface area (Å²) < 4.78 is 5.44. The quantitative estimate of drug-likeness (QED) is 0.608. The minimum atomic E-state index is 0.251. The molecule has 0 aliphatic heterocycles. The van der Waals surface area contributed by atoms with Crippen LogP contribution in [0.15, 0.2) is 24.3 Å². The summed E-state index contributed by atoms with van der Waals surface area (Å²) in [6.07, 6.45) is 1.23. The Morgan fingerprint density at radius 1 is 1.41 bits per heavy atom. The summed E-state index contributed by atoms with van der Waals surface area (Å²) in [4.78, 5) is 0. The van der Waals surface area contributed by atoms with E-state index in [4.69, 9.17) is 10.6 Å². The van der Waals surface area contributed by atoms with E-state index < -0.39 is 0 Å². The normalized spacial score (nSPS) is 23.2. The van der Waals surface area contributed by atoms with Gasteiger partial charge in [-0.3, -0.25) is 11.3 Å². The molecule has 94 valence electrons. The molecule has 1 saturated carbocycles. The number of nitrogens with two attached hydrogens (primary N) is 1. The van der Waals surface area contributed by atoms with Crippen LogP contribution in [0.1, 0.15) is 38.8 Å². The first-order valence-electron chi connectivity index (χ1n) is 6.27. The van der Waals surface area contributed by atoms with Crippen molar-refractivity contribution in [3.05, 3.63) is 29.8 Å². The molecule has 0 radical (unpaired) electrons. The average Bonchev–Trinajstić information content (AvgIpc) is 2.91. The van der Waals surface area contributed by atoms with E-state index in [0.717, 1.165) is 5.75 Å². The van der Waals surface area contributed by atoms with Gasteiger partial charge in [0.25, 0.3) is 0 Å². The summed E-state index contributed by atoms with van der Waals surface area (Å²) in [6, 6.07) is 8.48. The molecule has 0 heterocycles. The maximum atomic E-state index is 5.68. The van der Waals surface area contributed by atoms with Gasteiger partial charge < -0.3 is 4.74 Å². The van der Waals surface area contributed by atoms with Crippen molar-refractivity contribution in [2.75, 3.05) is 6.61 Å². The van der Waals surface area contributed by atoms with E-state index >= 15 is 0 Å². The van der Waals surface area contributed by atoms with Crippen LogP contribution in [-0.4, -0.2) is 6.61 Å². The Hall–Kier alpha value is -1.06. The Morgan fingerprint density at radius 3 is 2.41 bits per heavy atom. The van der Waals surface area contributed by atoms with Gasteiger partial charge in [-0.05, 0) is 42.4 Å². The molecule has 17 heavy (non-hydrogen) atoms. The number of rotatable bonds is 5. The molecule has 1 aromatic carbocycles. The van der Waals surface area contributed by atoms with Gasteiger partial charge in [0, 0.05) is 6.04 Å². The summed E-state index contributed by atoms with van der Waals surface area (Å²) in [7, 11) is 0. The van der Waals surface area contributed by atoms with Crippen molar-refractivity contribution in [2.45, 2.75) is 33.2 Å². The molecule has 2 unspecified atom stereocenters. The highest BCUT2D eigenvalue weighted by atomic mass is 16.5. The smallest absolute Gasteiger partial charge is 0.119 e. The summed E-state index contributed by atoms with van der Waals surface area (Å²) in [5.74, 6) is 7.23. The molecule has 3 nitrogen and oxygen atoms in total. The predicted molar refractivity (Wildman–Crippen MR) is 69.6 cm³/mol. The molecule has 0 spiro atoms. The lowest BCUT2D eigenvalue weighted by atomic mass is 9.97. The van der Waals surface area contributed by atoms with Crippen LogP contribution in [-0.2, 0) is 0 Å². The third kappa shape index (κ3) is 2.61. The highest BCUT2D eigenvalue weighted by Gasteiger charge is 2.50. The Bertz CT molecular complexity index is 372. The van der Waals surface area contributed by atoms with Gasteiger partial charge in [0.05, 0.1) is 6.61 Å². The van der Waals surface area contributed by atoms with Crippen LogP contribution in [0.3, 0.4) is 0 Å². The highest BCUT2D eigenvalue weighted by Crippen LogP contribution is 2.57. The first kappa shape index (κ1) is 12.4. The van der Waals surface area contributed by atoms with Crippen LogP contribution in [0, 0.1) is 11.3 Å². The molecule has 1 aliphatic rings. The summed E-state index contributed by atoms with van der Waals surface area (Å²) in [5, 5.41) is 0. The number of hydrogen-bond donors (Lipinski definition) is 2. The largest absolute Gasteiger partial charge is 0.494 e. The fraction of sp³-hybridized carbons (Fsp3) is 0.571. The van der Waals surface area contributed by atoms with E-state index in [1.165, 1.54) is 12.0 Å². The second-order valence-corrected chi connectivity index (χ2v) is 5.45. The summed E-state index contributed by atoms with van der Waals surface area (Å²) in [5.41, 5.74) is 4.60. The Morgan fingerprint density at radius 2 is 2.00 bits per heavy atom. The standard InChI is InChI=1S/C14H22N2O/c1-4-17-11-7-5-10(6-8-11)13(16-15)12-9-14(12,2)3/h5-8,12-13,16H,4,9,15H2,1-3H3. The number of ether oxygens (including phenoxy) is 1. The van der Waals surface area contributed by atoms with E-state index in [9.17, 15) is 0 Å². The lowest BCUT2D eigenvalue weighted by Gasteiger charge is -2.18. The SMILES string of the molecule is CCOc1ccc(C(NN)C2CC2(C)C)cc1. The second kappa shape index (κ2) is 4.67. The second-order valence-electron chi connectivity index (χ2n) is 5.45. The number of hydrazine groups is 1. The Balaban J connectivity index is 2.10. The maximum Gasteiger partial charge on any atom is 0.119 e. The first-order valence-corrected chi connectivity index (χ1v) is 6.27. The van der Waals surface area contributed by atoms with Crippen molar-refractivity contribution in [1.82, 2.24) is 5.43 Å². The number of benzene rings is 1. The fourth-order valence-electron chi connectivity index (χ4n) is 2.46. The van der Waals surface area contributed by atoms with Gasteiger partial charge in [0.1, 0.15) is 5.75 Å². The predicted octanol–water partition coefficient (Wildman–Crippen LogP) is 2.64. The fourth-order valence-corrected chi connectivity index (χ4v) is 2.46. The zero-order chi connectivity index (χ0) is 12.5. The van der Waals surface area contributed by atoms with Crippen molar-refractivity contribution in [3.63, 3.8) is 0 Å². The molecule has 2 atom stereocenters. The van der Waals surface area contributed by atoms with E-state index in [-0.39, 0.29) is 6.04 Å². The van der Waals surface area contributed by atoms with Crippen LogP contribution in [0.25, 0.3) is 0 Å². The van der Waals surface area contributed by atoms with E-state index in [1.54, 1.807) is 0 Å². The minimum Gasteiger partial charge on any atom is -0.494 e. The molecule has 0 amide bonds. The molecule has 3 N–H and O–H groups in total. The third-order valence-electron chi connectivity index (χ3n) is 3.72. The average molecular weight is 234 g/mol. The number of hydrogen-bond acceptors (Lipinski definition) is 3. The van der Waals surface area contributed by atoms with Gasteiger partial charge in [0.15, 0.2) is 0 Å².